The van der Waals surface area contributed by atoms with Gasteiger partial charge in [-0.05, 0) is 25.1 Å². The second-order valence-corrected chi connectivity index (χ2v) is 4.56. The van der Waals surface area contributed by atoms with E-state index in [-0.39, 0.29) is 11.6 Å². The van der Waals surface area contributed by atoms with Gasteiger partial charge in [0.2, 0.25) is 0 Å². The van der Waals surface area contributed by atoms with E-state index in [2.05, 4.69) is 0 Å². The number of nitrogens with one attached hydrogen (secondary N) is 1. The molecule has 0 spiro atoms. The Hall–Kier alpha value is -1.76. The van der Waals surface area contributed by atoms with Gasteiger partial charge < -0.3 is 15.4 Å². The number of hydrogen-bond acceptors (Lipinski definition) is 3. The Bertz CT molecular complexity index is 488. The van der Waals surface area contributed by atoms with Crippen molar-refractivity contribution in [1.82, 2.24) is 0 Å². The van der Waals surface area contributed by atoms with Crippen LogP contribution in [0.4, 0.5) is 18.9 Å². The molecular formula is C13H18F3N3O. The zero-order valence-electron chi connectivity index (χ0n) is 11.6. The fourth-order valence-electron chi connectivity index (χ4n) is 1.83. The summed E-state index contributed by atoms with van der Waals surface area (Å²) in [6, 6.07) is 3.57. The summed E-state index contributed by atoms with van der Waals surface area (Å²) in [6.45, 7) is 2.32. The smallest absolute Gasteiger partial charge is 0.384 e. The molecule has 1 atom stereocenters. The highest BCUT2D eigenvalue weighted by atomic mass is 19.4. The van der Waals surface area contributed by atoms with Crippen LogP contribution in [-0.4, -0.2) is 32.6 Å². The summed E-state index contributed by atoms with van der Waals surface area (Å²) in [6.07, 6.45) is -4.53. The molecule has 0 aliphatic rings. The number of hydrogen-bond donors (Lipinski definition) is 2. The highest BCUT2D eigenvalue weighted by molar-refractivity contribution is 5.97. The van der Waals surface area contributed by atoms with E-state index in [9.17, 15) is 13.2 Å². The van der Waals surface area contributed by atoms with Gasteiger partial charge in [0.1, 0.15) is 5.84 Å². The Morgan fingerprint density at radius 1 is 1.45 bits per heavy atom. The minimum absolute atomic E-state index is 0.0171. The lowest BCUT2D eigenvalue weighted by Gasteiger charge is -2.27. The van der Waals surface area contributed by atoms with Crippen LogP contribution in [0, 0.1) is 5.41 Å². The molecule has 0 aliphatic carbocycles. The van der Waals surface area contributed by atoms with Crippen molar-refractivity contribution in [2.75, 3.05) is 25.7 Å². The molecule has 0 amide bonds. The Morgan fingerprint density at radius 3 is 2.50 bits per heavy atom. The maximum absolute atomic E-state index is 12.8. The average Bonchev–Trinajstić information content (AvgIpc) is 2.36. The number of alkyl halides is 3. The van der Waals surface area contributed by atoms with E-state index in [0.29, 0.717) is 12.3 Å². The van der Waals surface area contributed by atoms with E-state index >= 15 is 0 Å². The molecule has 1 rings (SSSR count). The minimum Gasteiger partial charge on any atom is -0.384 e. The first-order chi connectivity index (χ1) is 9.18. The lowest BCUT2D eigenvalue weighted by Crippen LogP contribution is -2.33. The van der Waals surface area contributed by atoms with Crippen molar-refractivity contribution < 1.29 is 17.9 Å². The third-order valence-corrected chi connectivity index (χ3v) is 3.08. The Kier molecular flexibility index (Phi) is 4.99. The number of amidine groups is 1. The van der Waals surface area contributed by atoms with E-state index in [1.807, 2.05) is 6.92 Å². The largest absolute Gasteiger partial charge is 0.417 e. The Labute approximate surface area is 115 Å². The van der Waals surface area contributed by atoms with Crippen molar-refractivity contribution in [3.05, 3.63) is 29.3 Å². The summed E-state index contributed by atoms with van der Waals surface area (Å²) in [5, 5.41) is 7.32. The molecule has 1 aromatic carbocycles. The molecule has 1 aromatic rings. The number of nitrogens with two attached hydrogens (primary N) is 1. The van der Waals surface area contributed by atoms with E-state index in [4.69, 9.17) is 15.9 Å². The first-order valence-electron chi connectivity index (χ1n) is 5.96. The second kappa shape index (κ2) is 6.13. The van der Waals surface area contributed by atoms with Crippen molar-refractivity contribution in [3.8, 4) is 0 Å². The van der Waals surface area contributed by atoms with Crippen molar-refractivity contribution in [2.24, 2.45) is 5.73 Å². The molecule has 0 aromatic heterocycles. The summed E-state index contributed by atoms with van der Waals surface area (Å²) >= 11 is 0. The van der Waals surface area contributed by atoms with E-state index in [0.717, 1.165) is 6.07 Å². The number of likely N-dealkylation sites (N-methyl/N-ethyl adjacent to an activating group) is 1. The fraction of sp³-hybridized carbons (Fsp3) is 0.462. The van der Waals surface area contributed by atoms with Crippen molar-refractivity contribution in [3.63, 3.8) is 0 Å². The molecule has 3 N–H and O–H groups in total. The molecule has 0 radical (unpaired) electrons. The van der Waals surface area contributed by atoms with E-state index in [1.165, 1.54) is 12.1 Å². The first kappa shape index (κ1) is 16.3. The van der Waals surface area contributed by atoms with Gasteiger partial charge in [0, 0.05) is 31.5 Å². The van der Waals surface area contributed by atoms with Crippen LogP contribution in [0.25, 0.3) is 0 Å². The number of anilines is 1. The minimum atomic E-state index is -4.53. The van der Waals surface area contributed by atoms with Crippen LogP contribution in [0.2, 0.25) is 0 Å². The lowest BCUT2D eigenvalue weighted by atomic mass is 10.0. The van der Waals surface area contributed by atoms with Gasteiger partial charge in [0.05, 0.1) is 12.2 Å². The van der Waals surface area contributed by atoms with Gasteiger partial charge in [-0.15, -0.1) is 0 Å². The molecular weight excluding hydrogens is 271 g/mol. The lowest BCUT2D eigenvalue weighted by molar-refractivity contribution is -0.137. The van der Waals surface area contributed by atoms with Crippen LogP contribution in [0.15, 0.2) is 18.2 Å². The molecule has 0 heterocycles. The molecule has 0 aliphatic heterocycles. The zero-order chi connectivity index (χ0) is 15.5. The number of ether oxygens (including phenoxy) is 1. The molecule has 0 bridgehead atoms. The van der Waals surface area contributed by atoms with Gasteiger partial charge in [0.25, 0.3) is 0 Å². The predicted octanol–water partition coefficient (Wildman–Crippen LogP) is 2.46. The summed E-state index contributed by atoms with van der Waals surface area (Å²) in [7, 11) is 3.30. The van der Waals surface area contributed by atoms with E-state index in [1.54, 1.807) is 19.1 Å². The Morgan fingerprint density at radius 2 is 2.05 bits per heavy atom. The van der Waals surface area contributed by atoms with Crippen LogP contribution in [0.1, 0.15) is 18.1 Å². The van der Waals surface area contributed by atoms with Gasteiger partial charge in [-0.2, -0.15) is 13.2 Å². The standard InChI is InChI=1S/C13H18F3N3O/c1-8(7-20-3)19(2)9-4-5-11(13(14,15)16)10(6-9)12(17)18/h4-6,8H,7H2,1-3H3,(H3,17,18). The first-order valence-corrected chi connectivity index (χ1v) is 5.96. The zero-order valence-corrected chi connectivity index (χ0v) is 11.6. The van der Waals surface area contributed by atoms with Crippen molar-refractivity contribution in [2.45, 2.75) is 19.1 Å². The van der Waals surface area contributed by atoms with Gasteiger partial charge in [-0.1, -0.05) is 0 Å². The van der Waals surface area contributed by atoms with Gasteiger partial charge in [-0.3, -0.25) is 5.41 Å². The second-order valence-electron chi connectivity index (χ2n) is 4.56. The number of nitrogens with zero attached hydrogens (tertiary/aromatic N) is 1. The highest BCUT2D eigenvalue weighted by Crippen LogP contribution is 2.34. The maximum Gasteiger partial charge on any atom is 0.417 e. The Balaban J connectivity index is 3.20. The number of nitrogen functional groups attached to an aromatic ring is 1. The normalized spacial score (nSPS) is 13.1. The monoisotopic (exact) mass is 289 g/mol. The van der Waals surface area contributed by atoms with E-state index < -0.39 is 17.6 Å². The SMILES string of the molecule is COCC(C)N(C)c1ccc(C(F)(F)F)c(C(=N)N)c1. The van der Waals surface area contributed by atoms with Gasteiger partial charge >= 0.3 is 6.18 Å². The third kappa shape index (κ3) is 3.63. The summed E-state index contributed by atoms with van der Waals surface area (Å²) in [5.41, 5.74) is 4.59. The summed E-state index contributed by atoms with van der Waals surface area (Å²) in [4.78, 5) is 1.77. The van der Waals surface area contributed by atoms with Crippen molar-refractivity contribution in [1.29, 1.82) is 5.41 Å². The van der Waals surface area contributed by atoms with Crippen LogP contribution < -0.4 is 10.6 Å². The van der Waals surface area contributed by atoms with Gasteiger partial charge in [-0.25, -0.2) is 0 Å². The quantitative estimate of drug-likeness (QED) is 0.646. The molecule has 1 unspecified atom stereocenters. The topological polar surface area (TPSA) is 62.3 Å². The van der Waals surface area contributed by atoms with Crippen LogP contribution in [0.5, 0.6) is 0 Å². The molecule has 0 fully saturated rings. The van der Waals surface area contributed by atoms with Crippen LogP contribution >= 0.6 is 0 Å². The number of halogens is 3. The van der Waals surface area contributed by atoms with Gasteiger partial charge in [0.15, 0.2) is 0 Å². The fourth-order valence-corrected chi connectivity index (χ4v) is 1.83. The average molecular weight is 289 g/mol. The molecule has 4 nitrogen and oxygen atoms in total. The molecule has 0 saturated heterocycles. The highest BCUT2D eigenvalue weighted by Gasteiger charge is 2.34. The molecule has 112 valence electrons. The van der Waals surface area contributed by atoms with Crippen LogP contribution in [0.3, 0.4) is 0 Å². The summed E-state index contributed by atoms with van der Waals surface area (Å²) in [5.74, 6) is -0.605. The number of benzene rings is 1. The number of methoxy groups -OCH3 is 1. The predicted molar refractivity (Wildman–Crippen MR) is 72.2 cm³/mol. The summed E-state index contributed by atoms with van der Waals surface area (Å²) < 4.78 is 43.5. The van der Waals surface area contributed by atoms with Crippen molar-refractivity contribution >= 4 is 11.5 Å². The molecule has 0 saturated carbocycles. The van der Waals surface area contributed by atoms with Crippen LogP contribution in [-0.2, 0) is 10.9 Å². The maximum atomic E-state index is 12.8. The molecule has 7 heteroatoms. The third-order valence-electron chi connectivity index (χ3n) is 3.08. The molecule has 20 heavy (non-hydrogen) atoms. The number of rotatable bonds is 5.